The number of aliphatic hydroxyl groups is 1. The Morgan fingerprint density at radius 2 is 2.06 bits per heavy atom. The summed E-state index contributed by atoms with van der Waals surface area (Å²) in [5, 5.41) is 12.6. The molecule has 0 bridgehead atoms. The van der Waals surface area contributed by atoms with Crippen molar-refractivity contribution in [3.05, 3.63) is 35.9 Å². The molecule has 4 heteroatoms. The maximum absolute atomic E-state index is 11.7. The summed E-state index contributed by atoms with van der Waals surface area (Å²) in [6.45, 7) is 0. The fourth-order valence-electron chi connectivity index (χ4n) is 1.86. The molecule has 1 atom stereocenters. The third-order valence-electron chi connectivity index (χ3n) is 3.17. The number of aryl methyl sites for hydroxylation is 1. The molecule has 4 N–H and O–H groups in total. The molecule has 0 spiro atoms. The molecule has 1 aromatic rings. The molecule has 1 unspecified atom stereocenters. The van der Waals surface area contributed by atoms with E-state index in [4.69, 9.17) is 5.73 Å². The summed E-state index contributed by atoms with van der Waals surface area (Å²) in [5.74, 6) is -0.446. The van der Waals surface area contributed by atoms with Gasteiger partial charge in [0.1, 0.15) is 0 Å². The van der Waals surface area contributed by atoms with Crippen molar-refractivity contribution in [1.29, 1.82) is 0 Å². The topological polar surface area (TPSA) is 75.3 Å². The molecule has 2 rings (SSSR count). The first-order valence-corrected chi connectivity index (χ1v) is 6.44. The monoisotopic (exact) mass is 248 g/mol. The van der Waals surface area contributed by atoms with Gasteiger partial charge in [-0.05, 0) is 37.7 Å². The van der Waals surface area contributed by atoms with Crippen LogP contribution in [0.25, 0.3) is 0 Å². The smallest absolute Gasteiger partial charge is 0.267 e. The lowest BCUT2D eigenvalue weighted by molar-refractivity contribution is -0.140. The van der Waals surface area contributed by atoms with Gasteiger partial charge in [-0.1, -0.05) is 30.3 Å². The molecule has 1 aliphatic carbocycles. The molecule has 1 aliphatic rings. The summed E-state index contributed by atoms with van der Waals surface area (Å²) < 4.78 is 0. The molecule has 0 aromatic heterocycles. The van der Waals surface area contributed by atoms with Gasteiger partial charge < -0.3 is 10.4 Å². The number of hydrogen-bond donors (Lipinski definition) is 3. The summed E-state index contributed by atoms with van der Waals surface area (Å²) in [6.07, 6.45) is 3.77. The molecule has 98 valence electrons. The number of nitrogens with one attached hydrogen (secondary N) is 1. The molecule has 0 aliphatic heterocycles. The second-order valence-corrected chi connectivity index (χ2v) is 5.01. The Morgan fingerprint density at radius 3 is 2.67 bits per heavy atom. The third kappa shape index (κ3) is 3.82. The number of carbonyl (C=O) groups is 1. The van der Waals surface area contributed by atoms with Crippen molar-refractivity contribution in [3.8, 4) is 0 Å². The predicted octanol–water partition coefficient (Wildman–Crippen LogP) is 0.935. The molecule has 1 aromatic carbocycles. The van der Waals surface area contributed by atoms with Crippen LogP contribution in [0.5, 0.6) is 0 Å². The Balaban J connectivity index is 1.75. The molecule has 4 nitrogen and oxygen atoms in total. The van der Waals surface area contributed by atoms with E-state index in [1.54, 1.807) is 0 Å². The average molecular weight is 248 g/mol. The lowest BCUT2D eigenvalue weighted by Gasteiger charge is -2.22. The van der Waals surface area contributed by atoms with Gasteiger partial charge in [-0.2, -0.15) is 0 Å². The molecule has 1 amide bonds. The fourth-order valence-corrected chi connectivity index (χ4v) is 1.86. The van der Waals surface area contributed by atoms with Gasteiger partial charge in [0.05, 0.1) is 0 Å². The van der Waals surface area contributed by atoms with Gasteiger partial charge in [0.15, 0.2) is 5.72 Å². The van der Waals surface area contributed by atoms with Gasteiger partial charge in [-0.15, -0.1) is 0 Å². The van der Waals surface area contributed by atoms with Crippen LogP contribution in [0.2, 0.25) is 0 Å². The van der Waals surface area contributed by atoms with Gasteiger partial charge in [0.2, 0.25) is 0 Å². The van der Waals surface area contributed by atoms with Crippen LogP contribution >= 0.6 is 0 Å². The summed E-state index contributed by atoms with van der Waals surface area (Å²) in [5.41, 5.74) is 5.10. The zero-order chi connectivity index (χ0) is 13.0. The highest BCUT2D eigenvalue weighted by molar-refractivity contribution is 5.84. The number of nitrogens with two attached hydrogens (primary N) is 1. The van der Waals surface area contributed by atoms with E-state index in [9.17, 15) is 9.90 Å². The Bertz CT molecular complexity index is 400. The zero-order valence-corrected chi connectivity index (χ0v) is 10.4. The largest absolute Gasteiger partial charge is 0.368 e. The van der Waals surface area contributed by atoms with Crippen LogP contribution in [0.1, 0.15) is 31.2 Å². The molecule has 1 saturated carbocycles. The summed E-state index contributed by atoms with van der Waals surface area (Å²) >= 11 is 0. The highest BCUT2D eigenvalue weighted by Crippen LogP contribution is 2.20. The maximum Gasteiger partial charge on any atom is 0.267 e. The first-order chi connectivity index (χ1) is 8.58. The van der Waals surface area contributed by atoms with E-state index >= 15 is 0 Å². The molecule has 0 radical (unpaired) electrons. The van der Waals surface area contributed by atoms with Crippen molar-refractivity contribution in [1.82, 2.24) is 5.32 Å². The standard InChI is InChI=1S/C14H20N2O2/c15-14(18,13(17)16-12-8-9-12)10-4-7-11-5-2-1-3-6-11/h1-3,5-6,12,18H,4,7-10,15H2,(H,16,17). The number of carbonyl (C=O) groups excluding carboxylic acids is 1. The Labute approximate surface area is 107 Å². The lowest BCUT2D eigenvalue weighted by Crippen LogP contribution is -2.54. The number of hydrogen-bond acceptors (Lipinski definition) is 3. The summed E-state index contributed by atoms with van der Waals surface area (Å²) in [7, 11) is 0. The van der Waals surface area contributed by atoms with Crippen molar-refractivity contribution >= 4 is 5.91 Å². The van der Waals surface area contributed by atoms with Gasteiger partial charge in [0.25, 0.3) is 5.91 Å². The Morgan fingerprint density at radius 1 is 1.39 bits per heavy atom. The predicted molar refractivity (Wildman–Crippen MR) is 69.7 cm³/mol. The molecule has 18 heavy (non-hydrogen) atoms. The Hall–Kier alpha value is -1.39. The Kier molecular flexibility index (Phi) is 3.99. The average Bonchev–Trinajstić information content (AvgIpc) is 3.14. The molecular formula is C14H20N2O2. The summed E-state index contributed by atoms with van der Waals surface area (Å²) in [6, 6.07) is 10.2. The fraction of sp³-hybridized carbons (Fsp3) is 0.500. The van der Waals surface area contributed by atoms with Gasteiger partial charge in [0, 0.05) is 6.04 Å². The highest BCUT2D eigenvalue weighted by Gasteiger charge is 2.34. The molecule has 1 fully saturated rings. The van der Waals surface area contributed by atoms with Crippen molar-refractivity contribution < 1.29 is 9.90 Å². The van der Waals surface area contributed by atoms with Crippen LogP contribution < -0.4 is 11.1 Å². The van der Waals surface area contributed by atoms with Crippen LogP contribution in [0.3, 0.4) is 0 Å². The van der Waals surface area contributed by atoms with Crippen LogP contribution in [-0.4, -0.2) is 22.8 Å². The van der Waals surface area contributed by atoms with Gasteiger partial charge >= 0.3 is 0 Å². The van der Waals surface area contributed by atoms with E-state index in [0.29, 0.717) is 6.42 Å². The van der Waals surface area contributed by atoms with Crippen LogP contribution in [0.15, 0.2) is 30.3 Å². The summed E-state index contributed by atoms with van der Waals surface area (Å²) in [4.78, 5) is 11.7. The first-order valence-electron chi connectivity index (χ1n) is 6.44. The van der Waals surface area contributed by atoms with E-state index in [-0.39, 0.29) is 12.5 Å². The van der Waals surface area contributed by atoms with E-state index < -0.39 is 11.6 Å². The van der Waals surface area contributed by atoms with E-state index in [1.807, 2.05) is 30.3 Å². The second kappa shape index (κ2) is 5.50. The SMILES string of the molecule is NC(O)(CCCc1ccccc1)C(=O)NC1CC1. The van der Waals surface area contributed by atoms with Crippen LogP contribution in [0, 0.1) is 0 Å². The van der Waals surface area contributed by atoms with Gasteiger partial charge in [-0.25, -0.2) is 0 Å². The van der Waals surface area contributed by atoms with E-state index in [0.717, 1.165) is 19.3 Å². The lowest BCUT2D eigenvalue weighted by atomic mass is 10.0. The maximum atomic E-state index is 11.7. The van der Waals surface area contributed by atoms with Crippen molar-refractivity contribution in [2.45, 2.75) is 43.9 Å². The third-order valence-corrected chi connectivity index (χ3v) is 3.17. The quantitative estimate of drug-likeness (QED) is 0.656. The zero-order valence-electron chi connectivity index (χ0n) is 10.4. The van der Waals surface area contributed by atoms with Crippen molar-refractivity contribution in [2.24, 2.45) is 5.73 Å². The van der Waals surface area contributed by atoms with Crippen molar-refractivity contribution in [3.63, 3.8) is 0 Å². The number of rotatable bonds is 6. The van der Waals surface area contributed by atoms with E-state index in [1.165, 1.54) is 5.56 Å². The normalized spacial score (nSPS) is 18.1. The second-order valence-electron chi connectivity index (χ2n) is 5.01. The minimum atomic E-state index is -1.74. The van der Waals surface area contributed by atoms with E-state index in [2.05, 4.69) is 5.32 Å². The first kappa shape index (κ1) is 13.1. The minimum Gasteiger partial charge on any atom is -0.368 e. The van der Waals surface area contributed by atoms with Crippen LogP contribution in [0.4, 0.5) is 0 Å². The molecule has 0 saturated heterocycles. The molecular weight excluding hydrogens is 228 g/mol. The highest BCUT2D eigenvalue weighted by atomic mass is 16.3. The van der Waals surface area contributed by atoms with Gasteiger partial charge in [-0.3, -0.25) is 10.5 Å². The molecule has 0 heterocycles. The number of benzene rings is 1. The van der Waals surface area contributed by atoms with Crippen molar-refractivity contribution in [2.75, 3.05) is 0 Å². The number of amides is 1. The minimum absolute atomic E-state index is 0.224. The van der Waals surface area contributed by atoms with Crippen LogP contribution in [-0.2, 0) is 11.2 Å².